The van der Waals surface area contributed by atoms with Crippen LogP contribution in [0, 0.1) is 0 Å². The van der Waals surface area contributed by atoms with Crippen molar-refractivity contribution in [2.45, 2.75) is 27.7 Å². The molecule has 1 aliphatic carbocycles. The fourth-order valence-electron chi connectivity index (χ4n) is 4.61. The molecule has 2 aromatic carbocycles. The van der Waals surface area contributed by atoms with E-state index in [-0.39, 0.29) is 5.56 Å². The monoisotopic (exact) mass is 442 g/mol. The molecule has 0 saturated heterocycles. The average molecular weight is 443 g/mol. The average Bonchev–Trinajstić information content (AvgIpc) is 2.84. The lowest BCUT2D eigenvalue weighted by Gasteiger charge is -2.23. The number of hydrogen-bond acceptors (Lipinski definition) is 4. The minimum absolute atomic E-state index is 0.173. The zero-order valence-corrected chi connectivity index (χ0v) is 19.7. The van der Waals surface area contributed by atoms with E-state index in [9.17, 15) is 9.90 Å². The normalized spacial score (nSPS) is 11.2. The second-order valence-electron chi connectivity index (χ2n) is 8.02. The lowest BCUT2D eigenvalue weighted by molar-refractivity contribution is -0.254. The van der Waals surface area contributed by atoms with Gasteiger partial charge < -0.3 is 19.2 Å². The van der Waals surface area contributed by atoms with Crippen molar-refractivity contribution in [1.29, 1.82) is 0 Å². The Bertz CT molecular complexity index is 1340. The number of carbonyl (C=O) groups is 1. The summed E-state index contributed by atoms with van der Waals surface area (Å²) < 4.78 is 8.72. The fourth-order valence-corrected chi connectivity index (χ4v) is 4.61. The number of nitrogens with zero attached hydrogens (tertiary/aromatic N) is 2. The molecule has 5 nitrogen and oxygen atoms in total. The van der Waals surface area contributed by atoms with Crippen LogP contribution in [0.3, 0.4) is 0 Å². The summed E-state index contributed by atoms with van der Waals surface area (Å²) in [4.78, 5) is 14.2. The molecule has 0 amide bonds. The van der Waals surface area contributed by atoms with Gasteiger partial charge in [-0.1, -0.05) is 24.3 Å². The highest BCUT2D eigenvalue weighted by Gasteiger charge is 2.21. The first-order valence-electron chi connectivity index (χ1n) is 11.7. The molecular formula is C28H30N2O3. The number of hydrogen-bond donors (Lipinski definition) is 0. The van der Waals surface area contributed by atoms with Crippen LogP contribution in [0.4, 0.5) is 5.69 Å². The molecule has 0 aromatic heterocycles. The van der Waals surface area contributed by atoms with Gasteiger partial charge in [0.2, 0.25) is 5.36 Å². The van der Waals surface area contributed by atoms with Gasteiger partial charge in [-0.05, 0) is 51.5 Å². The largest absolute Gasteiger partial charge is 0.545 e. The summed E-state index contributed by atoms with van der Waals surface area (Å²) in [6.45, 7) is 12.1. The van der Waals surface area contributed by atoms with E-state index in [0.717, 1.165) is 65.1 Å². The molecule has 0 fully saturated rings. The maximum atomic E-state index is 12.0. The Balaban J connectivity index is 2.13. The van der Waals surface area contributed by atoms with E-state index in [4.69, 9.17) is 4.42 Å². The molecule has 4 rings (SSSR count). The van der Waals surface area contributed by atoms with Gasteiger partial charge in [-0.25, -0.2) is 4.58 Å². The summed E-state index contributed by atoms with van der Waals surface area (Å²) in [6.07, 6.45) is 0. The highest BCUT2D eigenvalue weighted by Crippen LogP contribution is 2.41. The van der Waals surface area contributed by atoms with Crippen molar-refractivity contribution in [3.63, 3.8) is 0 Å². The second-order valence-corrected chi connectivity index (χ2v) is 8.02. The van der Waals surface area contributed by atoms with Crippen molar-refractivity contribution >= 4 is 22.6 Å². The van der Waals surface area contributed by atoms with Crippen LogP contribution in [0.5, 0.6) is 0 Å². The van der Waals surface area contributed by atoms with E-state index in [0.29, 0.717) is 5.56 Å². The summed E-state index contributed by atoms with van der Waals surface area (Å²) in [7, 11) is 0. The maximum Gasteiger partial charge on any atom is 0.203 e. The fraction of sp³-hybridized carbons (Fsp3) is 0.286. The summed E-state index contributed by atoms with van der Waals surface area (Å²) in [5, 5.41) is 13.9. The highest BCUT2D eigenvalue weighted by molar-refractivity contribution is 6.07. The number of carboxylic acids is 1. The van der Waals surface area contributed by atoms with Crippen molar-refractivity contribution in [2.75, 3.05) is 31.1 Å². The standard InChI is InChI=1S/C28H30N2O3/c1-5-29(6-2)19-13-15-23-25(17-19)33-26-18-20(30(7-3)8-4)14-16-24(26)27(23)21-11-9-10-12-22(21)28(31)32/h9-18H,5-8H2,1-4H3. The molecule has 0 radical (unpaired) electrons. The number of carboxylic acid groups (broad SMARTS) is 1. The molecule has 0 bridgehead atoms. The maximum absolute atomic E-state index is 12.0. The molecule has 0 spiro atoms. The van der Waals surface area contributed by atoms with Crippen molar-refractivity contribution in [1.82, 2.24) is 4.58 Å². The predicted molar refractivity (Wildman–Crippen MR) is 133 cm³/mol. The molecule has 1 heterocycles. The SMILES string of the molecule is CCN(CC)c1ccc2c(-c3ccccc3C(=O)[O-])c3ccc(=[N+](CC)CC)cc-3oc2c1. The number of benzene rings is 3. The van der Waals surface area contributed by atoms with Crippen LogP contribution >= 0.6 is 0 Å². The third-order valence-corrected chi connectivity index (χ3v) is 6.36. The second kappa shape index (κ2) is 9.49. The van der Waals surface area contributed by atoms with Crippen molar-refractivity contribution in [3.8, 4) is 22.5 Å². The van der Waals surface area contributed by atoms with Gasteiger partial charge >= 0.3 is 0 Å². The lowest BCUT2D eigenvalue weighted by Crippen LogP contribution is -2.29. The molecule has 0 unspecified atom stereocenters. The van der Waals surface area contributed by atoms with Gasteiger partial charge in [-0.15, -0.1) is 0 Å². The van der Waals surface area contributed by atoms with Gasteiger partial charge in [0.25, 0.3) is 0 Å². The van der Waals surface area contributed by atoms with Gasteiger partial charge in [0, 0.05) is 53.0 Å². The molecule has 0 N–H and O–H groups in total. The molecule has 2 aliphatic rings. The summed E-state index contributed by atoms with van der Waals surface area (Å²) in [6, 6.07) is 19.3. The Labute approximate surface area is 194 Å². The molecule has 170 valence electrons. The number of aromatic carboxylic acids is 1. The molecule has 5 heteroatoms. The first-order chi connectivity index (χ1) is 16.0. The number of fused-ring (bicyclic) bond motifs is 2. The zero-order chi connectivity index (χ0) is 23.5. The Morgan fingerprint density at radius 3 is 2.30 bits per heavy atom. The first-order valence-corrected chi connectivity index (χ1v) is 11.7. The smallest absolute Gasteiger partial charge is 0.203 e. The van der Waals surface area contributed by atoms with Crippen LogP contribution in [-0.2, 0) is 0 Å². The lowest BCUT2D eigenvalue weighted by atomic mass is 9.90. The Morgan fingerprint density at radius 2 is 1.64 bits per heavy atom. The molecule has 33 heavy (non-hydrogen) atoms. The van der Waals surface area contributed by atoms with E-state index < -0.39 is 5.97 Å². The van der Waals surface area contributed by atoms with Crippen LogP contribution < -0.4 is 19.9 Å². The number of anilines is 1. The number of carbonyl (C=O) groups excluding carboxylic acids is 1. The van der Waals surface area contributed by atoms with E-state index in [2.05, 4.69) is 61.4 Å². The van der Waals surface area contributed by atoms with Gasteiger partial charge in [0.1, 0.15) is 24.4 Å². The topological polar surface area (TPSA) is 59.5 Å². The van der Waals surface area contributed by atoms with Crippen LogP contribution in [-0.4, -0.2) is 32.1 Å². The Hall–Kier alpha value is -3.60. The summed E-state index contributed by atoms with van der Waals surface area (Å²) in [5.74, 6) is -0.459. The predicted octanol–water partition coefficient (Wildman–Crippen LogP) is 4.23. The van der Waals surface area contributed by atoms with E-state index in [1.54, 1.807) is 12.1 Å². The Morgan fingerprint density at radius 1 is 0.909 bits per heavy atom. The molecule has 2 aromatic rings. The third kappa shape index (κ3) is 4.11. The van der Waals surface area contributed by atoms with Crippen molar-refractivity contribution < 1.29 is 14.3 Å². The minimum atomic E-state index is -1.19. The van der Waals surface area contributed by atoms with Gasteiger partial charge in [0.05, 0.1) is 12.0 Å². The quantitative estimate of drug-likeness (QED) is 0.318. The first kappa shape index (κ1) is 22.6. The van der Waals surface area contributed by atoms with Crippen molar-refractivity contribution in [3.05, 3.63) is 71.6 Å². The van der Waals surface area contributed by atoms with E-state index >= 15 is 0 Å². The van der Waals surface area contributed by atoms with Gasteiger partial charge in [-0.2, -0.15) is 0 Å². The van der Waals surface area contributed by atoms with Crippen LogP contribution in [0.15, 0.2) is 65.1 Å². The molecule has 0 saturated carbocycles. The highest BCUT2D eigenvalue weighted by atomic mass is 16.4. The summed E-state index contributed by atoms with van der Waals surface area (Å²) in [5.41, 5.74) is 4.34. The van der Waals surface area contributed by atoms with E-state index in [1.165, 1.54) is 0 Å². The van der Waals surface area contributed by atoms with Crippen LogP contribution in [0.2, 0.25) is 0 Å². The molecule has 0 atom stereocenters. The van der Waals surface area contributed by atoms with Gasteiger partial charge in [-0.3, -0.25) is 0 Å². The molecule has 1 aliphatic heterocycles. The number of rotatable bonds is 7. The minimum Gasteiger partial charge on any atom is -0.545 e. The van der Waals surface area contributed by atoms with Crippen LogP contribution in [0.25, 0.3) is 33.4 Å². The molecular weight excluding hydrogens is 412 g/mol. The third-order valence-electron chi connectivity index (χ3n) is 6.36. The van der Waals surface area contributed by atoms with Crippen molar-refractivity contribution in [2.24, 2.45) is 0 Å². The Kier molecular flexibility index (Phi) is 6.50. The summed E-state index contributed by atoms with van der Waals surface area (Å²) >= 11 is 0. The van der Waals surface area contributed by atoms with Crippen LogP contribution in [0.1, 0.15) is 38.1 Å². The van der Waals surface area contributed by atoms with Gasteiger partial charge in [0.15, 0.2) is 0 Å². The zero-order valence-electron chi connectivity index (χ0n) is 19.7. The van der Waals surface area contributed by atoms with E-state index in [1.807, 2.05) is 24.3 Å².